The maximum atomic E-state index is 12.9. The molecule has 6 nitrogen and oxygen atoms in total. The maximum Gasteiger partial charge on any atom is 0.253 e. The van der Waals surface area contributed by atoms with Crippen molar-refractivity contribution in [3.63, 3.8) is 0 Å². The largest absolute Gasteiger partial charge is 0.373 e. The number of carbonyl (C=O) groups is 2. The molecule has 0 N–H and O–H groups in total. The van der Waals surface area contributed by atoms with Gasteiger partial charge in [-0.05, 0) is 50.8 Å². The van der Waals surface area contributed by atoms with Crippen LogP contribution in [0.4, 0.5) is 0 Å². The van der Waals surface area contributed by atoms with Crippen molar-refractivity contribution in [3.8, 4) is 0 Å². The lowest BCUT2D eigenvalue weighted by Gasteiger charge is -2.35. The zero-order chi connectivity index (χ0) is 22.4. The van der Waals surface area contributed by atoms with E-state index in [0.717, 1.165) is 57.4 Å². The number of hydrogen-bond donors (Lipinski definition) is 0. The van der Waals surface area contributed by atoms with E-state index in [4.69, 9.17) is 4.74 Å². The molecule has 0 radical (unpaired) electrons. The van der Waals surface area contributed by atoms with Crippen LogP contribution in [0.5, 0.6) is 0 Å². The molecular weight excluding hydrogens is 390 g/mol. The molecular formula is C25H39N3O3. The van der Waals surface area contributed by atoms with Crippen LogP contribution in [0.15, 0.2) is 24.3 Å². The van der Waals surface area contributed by atoms with Gasteiger partial charge in [0.25, 0.3) is 5.91 Å². The first-order valence-corrected chi connectivity index (χ1v) is 11.9. The van der Waals surface area contributed by atoms with Gasteiger partial charge in [0.05, 0.1) is 12.2 Å². The molecule has 2 atom stereocenters. The fourth-order valence-electron chi connectivity index (χ4n) is 4.75. The molecule has 1 aromatic rings. The number of benzene rings is 1. The second-order valence-electron chi connectivity index (χ2n) is 9.33. The van der Waals surface area contributed by atoms with Crippen LogP contribution in [0.1, 0.15) is 62.4 Å². The molecule has 6 heteroatoms. The lowest BCUT2D eigenvalue weighted by Crippen LogP contribution is -2.44. The quantitative estimate of drug-likeness (QED) is 0.667. The molecule has 2 fully saturated rings. The lowest BCUT2D eigenvalue weighted by molar-refractivity contribution is -0.135. The van der Waals surface area contributed by atoms with Gasteiger partial charge >= 0.3 is 0 Å². The van der Waals surface area contributed by atoms with Crippen LogP contribution in [-0.4, -0.2) is 78.5 Å². The van der Waals surface area contributed by atoms with Crippen LogP contribution in [0.3, 0.4) is 0 Å². The number of amides is 2. The van der Waals surface area contributed by atoms with E-state index in [2.05, 4.69) is 37.8 Å². The Morgan fingerprint density at radius 3 is 2.26 bits per heavy atom. The molecule has 0 bridgehead atoms. The Kier molecular flexibility index (Phi) is 8.50. The second-order valence-corrected chi connectivity index (χ2v) is 9.33. The van der Waals surface area contributed by atoms with E-state index in [1.165, 1.54) is 5.56 Å². The van der Waals surface area contributed by atoms with E-state index in [-0.39, 0.29) is 29.9 Å². The highest BCUT2D eigenvalue weighted by Gasteiger charge is 2.29. The Hall–Kier alpha value is -1.92. The predicted molar refractivity (Wildman–Crippen MR) is 123 cm³/mol. The number of likely N-dealkylation sites (tertiary alicyclic amines) is 1. The van der Waals surface area contributed by atoms with Crippen molar-refractivity contribution in [1.29, 1.82) is 0 Å². The summed E-state index contributed by atoms with van der Waals surface area (Å²) in [5.41, 5.74) is 1.95. The van der Waals surface area contributed by atoms with Crippen molar-refractivity contribution in [2.75, 3.05) is 39.8 Å². The third kappa shape index (κ3) is 6.53. The fourth-order valence-corrected chi connectivity index (χ4v) is 4.75. The normalized spacial score (nSPS) is 23.0. The van der Waals surface area contributed by atoms with Crippen LogP contribution < -0.4 is 0 Å². The second kappa shape index (κ2) is 11.1. The average Bonchev–Trinajstić information content (AvgIpc) is 2.76. The van der Waals surface area contributed by atoms with Gasteiger partial charge in [-0.15, -0.1) is 0 Å². The summed E-state index contributed by atoms with van der Waals surface area (Å²) in [7, 11) is 1.90. The van der Waals surface area contributed by atoms with E-state index in [1.54, 1.807) is 0 Å². The monoisotopic (exact) mass is 429 g/mol. The number of piperidine rings is 1. The first-order valence-electron chi connectivity index (χ1n) is 11.9. The molecule has 2 aliphatic rings. The molecule has 0 spiro atoms. The van der Waals surface area contributed by atoms with E-state index in [0.29, 0.717) is 13.1 Å². The van der Waals surface area contributed by atoms with E-state index >= 15 is 0 Å². The smallest absolute Gasteiger partial charge is 0.253 e. The van der Waals surface area contributed by atoms with Gasteiger partial charge in [-0.3, -0.25) is 14.5 Å². The molecule has 2 aliphatic heterocycles. The van der Waals surface area contributed by atoms with Crippen molar-refractivity contribution in [2.24, 2.45) is 5.92 Å². The van der Waals surface area contributed by atoms with Gasteiger partial charge in [0.2, 0.25) is 5.91 Å². The standard InChI is InChI=1S/C25H39N3O3/c1-5-6-13-26(4)24(29)23-11-14-28(15-12-23)25(30)22-9-7-21(8-10-22)18-27-16-19(2)31-20(3)17-27/h7-10,19-20,23H,5-6,11-18H2,1-4H3. The molecule has 2 heterocycles. The third-order valence-electron chi connectivity index (χ3n) is 6.46. The zero-order valence-electron chi connectivity index (χ0n) is 19.7. The number of unbranched alkanes of at least 4 members (excludes halogenated alkanes) is 1. The minimum Gasteiger partial charge on any atom is -0.373 e. The minimum atomic E-state index is 0.0478. The molecule has 2 amide bonds. The Balaban J connectivity index is 1.49. The Bertz CT molecular complexity index is 718. The topological polar surface area (TPSA) is 53.1 Å². The summed E-state index contributed by atoms with van der Waals surface area (Å²) >= 11 is 0. The molecule has 2 unspecified atom stereocenters. The Morgan fingerprint density at radius 1 is 1.06 bits per heavy atom. The van der Waals surface area contributed by atoms with Crippen LogP contribution >= 0.6 is 0 Å². The van der Waals surface area contributed by atoms with Crippen LogP contribution in [0.25, 0.3) is 0 Å². The predicted octanol–water partition coefficient (Wildman–Crippen LogP) is 3.41. The van der Waals surface area contributed by atoms with Crippen molar-refractivity contribution < 1.29 is 14.3 Å². The van der Waals surface area contributed by atoms with Gasteiger partial charge in [0, 0.05) is 57.8 Å². The number of hydrogen-bond acceptors (Lipinski definition) is 4. The molecule has 31 heavy (non-hydrogen) atoms. The SMILES string of the molecule is CCCCN(C)C(=O)C1CCN(C(=O)c2ccc(CN3CC(C)OC(C)C3)cc2)CC1. The maximum absolute atomic E-state index is 12.9. The highest BCUT2D eigenvalue weighted by Crippen LogP contribution is 2.22. The number of rotatable bonds is 7. The molecule has 0 aromatic heterocycles. The number of morpholine rings is 1. The van der Waals surface area contributed by atoms with Gasteiger partial charge < -0.3 is 14.5 Å². The van der Waals surface area contributed by atoms with Crippen molar-refractivity contribution >= 4 is 11.8 Å². The van der Waals surface area contributed by atoms with Crippen molar-refractivity contribution in [2.45, 2.75) is 65.2 Å². The Labute approximate surface area is 187 Å². The molecule has 1 aromatic carbocycles. The first-order chi connectivity index (χ1) is 14.9. The summed E-state index contributed by atoms with van der Waals surface area (Å²) in [5.74, 6) is 0.355. The molecule has 3 rings (SSSR count). The Morgan fingerprint density at radius 2 is 1.68 bits per heavy atom. The van der Waals surface area contributed by atoms with Gasteiger partial charge in [0.15, 0.2) is 0 Å². The summed E-state index contributed by atoms with van der Waals surface area (Å²) in [6.45, 7) is 11.3. The van der Waals surface area contributed by atoms with E-state index < -0.39 is 0 Å². The number of ether oxygens (including phenoxy) is 1. The minimum absolute atomic E-state index is 0.0478. The van der Waals surface area contributed by atoms with Gasteiger partial charge in [0.1, 0.15) is 0 Å². The number of carbonyl (C=O) groups excluding carboxylic acids is 2. The highest BCUT2D eigenvalue weighted by atomic mass is 16.5. The molecule has 0 saturated carbocycles. The summed E-state index contributed by atoms with van der Waals surface area (Å²) in [6.07, 6.45) is 4.16. The van der Waals surface area contributed by atoms with Crippen molar-refractivity contribution in [3.05, 3.63) is 35.4 Å². The molecule has 0 aliphatic carbocycles. The van der Waals surface area contributed by atoms with Gasteiger partial charge in [-0.2, -0.15) is 0 Å². The lowest BCUT2D eigenvalue weighted by atomic mass is 9.94. The average molecular weight is 430 g/mol. The van der Waals surface area contributed by atoms with Crippen LogP contribution in [0.2, 0.25) is 0 Å². The highest BCUT2D eigenvalue weighted by molar-refractivity contribution is 5.94. The van der Waals surface area contributed by atoms with Gasteiger partial charge in [-0.25, -0.2) is 0 Å². The number of nitrogens with zero attached hydrogens (tertiary/aromatic N) is 3. The summed E-state index contributed by atoms with van der Waals surface area (Å²) in [5, 5.41) is 0. The third-order valence-corrected chi connectivity index (χ3v) is 6.46. The van der Waals surface area contributed by atoms with Crippen LogP contribution in [0, 0.1) is 5.92 Å². The summed E-state index contributed by atoms with van der Waals surface area (Å²) < 4.78 is 5.81. The zero-order valence-corrected chi connectivity index (χ0v) is 19.7. The molecule has 2 saturated heterocycles. The fraction of sp³-hybridized carbons (Fsp3) is 0.680. The first kappa shape index (κ1) is 23.7. The van der Waals surface area contributed by atoms with E-state index in [9.17, 15) is 9.59 Å². The molecule has 172 valence electrons. The summed E-state index contributed by atoms with van der Waals surface area (Å²) in [4.78, 5) is 31.7. The van der Waals surface area contributed by atoms with Gasteiger partial charge in [-0.1, -0.05) is 25.5 Å². The van der Waals surface area contributed by atoms with Crippen LogP contribution in [-0.2, 0) is 16.1 Å². The van der Waals surface area contributed by atoms with E-state index in [1.807, 2.05) is 29.0 Å². The summed E-state index contributed by atoms with van der Waals surface area (Å²) in [6, 6.07) is 8.02. The van der Waals surface area contributed by atoms with Crippen molar-refractivity contribution in [1.82, 2.24) is 14.7 Å².